The third-order valence-electron chi connectivity index (χ3n) is 9.60. The second-order valence-electron chi connectivity index (χ2n) is 11.9. The minimum atomic E-state index is -0.796. The van der Waals surface area contributed by atoms with Gasteiger partial charge in [-0.3, -0.25) is 4.90 Å². The Hall–Kier alpha value is -2.16. The first kappa shape index (κ1) is 24.9. The number of benzene rings is 1. The van der Waals surface area contributed by atoms with E-state index in [0.717, 1.165) is 86.4 Å². The first-order valence-electron chi connectivity index (χ1n) is 14.3. The molecule has 38 heavy (non-hydrogen) atoms. The van der Waals surface area contributed by atoms with Crippen LogP contribution in [0, 0.1) is 0 Å². The quantitative estimate of drug-likeness (QED) is 0.577. The summed E-state index contributed by atoms with van der Waals surface area (Å²) in [5, 5.41) is 11.5. The van der Waals surface area contributed by atoms with Gasteiger partial charge in [-0.25, -0.2) is 4.39 Å². The molecular formula is C29H36ClFN4O3. The van der Waals surface area contributed by atoms with Crippen molar-refractivity contribution in [1.82, 2.24) is 14.9 Å². The summed E-state index contributed by atoms with van der Waals surface area (Å²) in [7, 11) is 0. The Bertz CT molecular complexity index is 1240. The molecule has 0 radical (unpaired) electrons. The minimum Gasteiger partial charge on any atom is -0.508 e. The lowest BCUT2D eigenvalue weighted by molar-refractivity contribution is -0.0740. The molecule has 0 bridgehead atoms. The molecule has 0 amide bonds. The van der Waals surface area contributed by atoms with E-state index in [0.29, 0.717) is 43.6 Å². The number of ether oxygens (including phenoxy) is 2. The lowest BCUT2D eigenvalue weighted by Crippen LogP contribution is -2.43. The number of hydrogen-bond acceptors (Lipinski definition) is 7. The second-order valence-corrected chi connectivity index (χ2v) is 12.3. The summed E-state index contributed by atoms with van der Waals surface area (Å²) in [6, 6.07) is 3.79. The molecule has 3 saturated heterocycles. The third-order valence-corrected chi connectivity index (χ3v) is 9.95. The number of phenols is 1. The molecule has 7 nitrogen and oxygen atoms in total. The Balaban J connectivity index is 1.24. The van der Waals surface area contributed by atoms with Gasteiger partial charge >= 0.3 is 6.01 Å². The fraction of sp³-hybridized carbons (Fsp3) is 0.655. The molecule has 3 atom stereocenters. The zero-order chi connectivity index (χ0) is 25.9. The molecule has 204 valence electrons. The number of fused-ring (bicyclic) bond motifs is 4. The van der Waals surface area contributed by atoms with Gasteiger partial charge in [0.1, 0.15) is 29.9 Å². The highest BCUT2D eigenvalue weighted by atomic mass is 35.5. The minimum absolute atomic E-state index is 0.228. The largest absolute Gasteiger partial charge is 0.508 e. The van der Waals surface area contributed by atoms with Crippen molar-refractivity contribution in [1.29, 1.82) is 0 Å². The summed E-state index contributed by atoms with van der Waals surface area (Å²) in [6.07, 6.45) is 8.51. The molecule has 7 rings (SSSR count). The van der Waals surface area contributed by atoms with E-state index in [1.807, 2.05) is 0 Å². The van der Waals surface area contributed by atoms with E-state index >= 15 is 0 Å². The third kappa shape index (κ3) is 4.06. The van der Waals surface area contributed by atoms with E-state index in [1.165, 1.54) is 12.8 Å². The first-order valence-corrected chi connectivity index (χ1v) is 14.7. The summed E-state index contributed by atoms with van der Waals surface area (Å²) in [4.78, 5) is 14.6. The molecule has 3 fully saturated rings. The van der Waals surface area contributed by atoms with Crippen molar-refractivity contribution >= 4 is 17.4 Å². The van der Waals surface area contributed by atoms with Gasteiger partial charge < -0.3 is 19.5 Å². The zero-order valence-electron chi connectivity index (χ0n) is 21.9. The summed E-state index contributed by atoms with van der Waals surface area (Å²) in [6.45, 7) is 4.13. The Morgan fingerprint density at radius 3 is 2.76 bits per heavy atom. The second kappa shape index (κ2) is 9.49. The number of hydrogen-bond donors (Lipinski definition) is 1. The van der Waals surface area contributed by atoms with Crippen molar-refractivity contribution in [2.75, 3.05) is 37.7 Å². The summed E-state index contributed by atoms with van der Waals surface area (Å²) in [5.74, 6) is 1.14. The maximum Gasteiger partial charge on any atom is 0.318 e. The molecule has 1 aliphatic carbocycles. The van der Waals surface area contributed by atoms with Crippen molar-refractivity contribution < 1.29 is 19.0 Å². The molecule has 1 aromatic heterocycles. The molecule has 5 aliphatic rings. The van der Waals surface area contributed by atoms with Crippen molar-refractivity contribution in [3.63, 3.8) is 0 Å². The number of alkyl halides is 1. The predicted molar refractivity (Wildman–Crippen MR) is 143 cm³/mol. The smallest absolute Gasteiger partial charge is 0.318 e. The van der Waals surface area contributed by atoms with Gasteiger partial charge in [0, 0.05) is 48.6 Å². The van der Waals surface area contributed by atoms with Crippen LogP contribution in [0.5, 0.6) is 11.8 Å². The Morgan fingerprint density at radius 1 is 1.08 bits per heavy atom. The van der Waals surface area contributed by atoms with E-state index in [9.17, 15) is 9.50 Å². The predicted octanol–water partition coefficient (Wildman–Crippen LogP) is 5.09. The Labute approximate surface area is 228 Å². The van der Waals surface area contributed by atoms with Crippen LogP contribution < -0.4 is 9.64 Å². The highest BCUT2D eigenvalue weighted by molar-refractivity contribution is 6.31. The Morgan fingerprint density at radius 2 is 1.92 bits per heavy atom. The van der Waals surface area contributed by atoms with Gasteiger partial charge in [0.2, 0.25) is 0 Å². The zero-order valence-corrected chi connectivity index (χ0v) is 22.6. The van der Waals surface area contributed by atoms with Gasteiger partial charge in [-0.1, -0.05) is 24.4 Å². The highest BCUT2D eigenvalue weighted by Gasteiger charge is 2.50. The molecule has 1 N–H and O–H groups in total. The van der Waals surface area contributed by atoms with Gasteiger partial charge in [0.15, 0.2) is 0 Å². The topological polar surface area (TPSA) is 71.0 Å². The molecule has 1 spiro atoms. The maximum atomic E-state index is 14.4. The number of halogens is 2. The molecule has 2 aromatic rings. The first-order chi connectivity index (χ1) is 18.5. The summed E-state index contributed by atoms with van der Waals surface area (Å²) < 4.78 is 27.3. The van der Waals surface area contributed by atoms with Gasteiger partial charge in [0.25, 0.3) is 0 Å². The average molecular weight is 543 g/mol. The fourth-order valence-corrected chi connectivity index (χ4v) is 7.97. The molecule has 4 aliphatic heterocycles. The van der Waals surface area contributed by atoms with Crippen LogP contribution >= 0.6 is 11.6 Å². The van der Waals surface area contributed by atoms with Crippen molar-refractivity contribution in [2.24, 2.45) is 0 Å². The van der Waals surface area contributed by atoms with Crippen LogP contribution in [-0.4, -0.2) is 64.5 Å². The number of aromatic hydroxyl groups is 1. The van der Waals surface area contributed by atoms with Gasteiger partial charge in [-0.2, -0.15) is 9.97 Å². The standard InChI is InChI=1S/C29H36ClFN4O3/c30-22-6-7-24(36)25-20(22)8-10-29(25)15-23-21(17-38-29)26(34-11-3-1-2-4-12-34)33-27(32-23)37-18-28-9-5-13-35(28)16-19(31)14-28/h6-7,19,36H,1-5,8-18H2/t19-,28?,29?/m1/s1. The molecule has 0 saturated carbocycles. The normalized spacial score (nSPS) is 30.8. The number of phenolic OH excluding ortho intramolecular Hbond substituents is 1. The summed E-state index contributed by atoms with van der Waals surface area (Å²) >= 11 is 6.52. The van der Waals surface area contributed by atoms with Gasteiger partial charge in [-0.15, -0.1) is 0 Å². The van der Waals surface area contributed by atoms with E-state index in [1.54, 1.807) is 12.1 Å². The van der Waals surface area contributed by atoms with Gasteiger partial charge in [-0.05, 0) is 62.8 Å². The van der Waals surface area contributed by atoms with Crippen LogP contribution in [0.15, 0.2) is 12.1 Å². The number of aromatic nitrogens is 2. The van der Waals surface area contributed by atoms with Crippen molar-refractivity contribution in [3.05, 3.63) is 39.5 Å². The van der Waals surface area contributed by atoms with E-state index in [4.69, 9.17) is 31.0 Å². The molecule has 9 heteroatoms. The summed E-state index contributed by atoms with van der Waals surface area (Å²) in [5.41, 5.74) is 2.80. The van der Waals surface area contributed by atoms with E-state index in [2.05, 4.69) is 9.80 Å². The molecule has 5 heterocycles. The SMILES string of the molecule is Oc1ccc(Cl)c2c1C1(CC2)Cc2nc(OCC34CCCN3C[C@H](F)C4)nc(N3CCCCCC3)c2CO1. The molecular weight excluding hydrogens is 507 g/mol. The molecule has 1 aromatic carbocycles. The van der Waals surface area contributed by atoms with Crippen molar-refractivity contribution in [2.45, 2.75) is 88.1 Å². The Kier molecular flexibility index (Phi) is 6.21. The molecule has 2 unspecified atom stereocenters. The monoisotopic (exact) mass is 542 g/mol. The van der Waals surface area contributed by atoms with Crippen molar-refractivity contribution in [3.8, 4) is 11.8 Å². The average Bonchev–Trinajstić information content (AvgIpc) is 3.46. The number of rotatable bonds is 4. The lowest BCUT2D eigenvalue weighted by atomic mass is 9.86. The van der Waals surface area contributed by atoms with Crippen LogP contribution in [0.4, 0.5) is 10.2 Å². The van der Waals surface area contributed by atoms with Crippen LogP contribution in [0.25, 0.3) is 0 Å². The van der Waals surface area contributed by atoms with E-state index in [-0.39, 0.29) is 11.3 Å². The fourth-order valence-electron chi connectivity index (χ4n) is 7.71. The van der Waals surface area contributed by atoms with Crippen LogP contribution in [-0.2, 0) is 29.8 Å². The lowest BCUT2D eigenvalue weighted by Gasteiger charge is -2.37. The van der Waals surface area contributed by atoms with Crippen LogP contribution in [0.3, 0.4) is 0 Å². The van der Waals surface area contributed by atoms with Crippen LogP contribution in [0.1, 0.15) is 73.8 Å². The van der Waals surface area contributed by atoms with E-state index < -0.39 is 11.8 Å². The highest BCUT2D eigenvalue weighted by Crippen LogP contribution is 2.52. The van der Waals surface area contributed by atoms with Gasteiger partial charge in [0.05, 0.1) is 17.8 Å². The van der Waals surface area contributed by atoms with Crippen LogP contribution in [0.2, 0.25) is 5.02 Å². The maximum absolute atomic E-state index is 14.4. The number of nitrogens with zero attached hydrogens (tertiary/aromatic N) is 4. The number of anilines is 1.